The summed E-state index contributed by atoms with van der Waals surface area (Å²) < 4.78 is 23.9. The van der Waals surface area contributed by atoms with Crippen molar-refractivity contribution < 1.29 is 8.42 Å². The van der Waals surface area contributed by atoms with E-state index in [4.69, 9.17) is 5.73 Å². The zero-order valence-electron chi connectivity index (χ0n) is 11.7. The first kappa shape index (κ1) is 15.8. The van der Waals surface area contributed by atoms with E-state index in [1.54, 1.807) is 0 Å². The Morgan fingerprint density at radius 2 is 2.00 bits per heavy atom. The van der Waals surface area contributed by atoms with Crippen molar-refractivity contribution in [3.05, 3.63) is 28.2 Å². The molecule has 0 amide bonds. The Balaban J connectivity index is 2.10. The summed E-state index contributed by atoms with van der Waals surface area (Å²) in [6, 6.07) is 6.42. The number of halogens is 1. The van der Waals surface area contributed by atoms with Crippen LogP contribution in [0.15, 0.2) is 22.7 Å². The maximum absolute atomic E-state index is 11.5. The second-order valence-corrected chi connectivity index (χ2v) is 8.46. The molecule has 112 valence electrons. The van der Waals surface area contributed by atoms with Crippen LogP contribution in [0, 0.1) is 0 Å². The van der Waals surface area contributed by atoms with Crippen molar-refractivity contribution in [2.24, 2.45) is 5.73 Å². The van der Waals surface area contributed by atoms with Crippen LogP contribution in [0.25, 0.3) is 0 Å². The molecule has 6 heteroatoms. The summed E-state index contributed by atoms with van der Waals surface area (Å²) in [7, 11) is -2.84. The van der Waals surface area contributed by atoms with Gasteiger partial charge in [-0.3, -0.25) is 0 Å². The Hall–Kier alpha value is -0.590. The molecule has 0 bridgehead atoms. The molecule has 2 N–H and O–H groups in total. The normalized spacial score (nSPS) is 19.9. The Labute approximate surface area is 129 Å². The Morgan fingerprint density at radius 3 is 2.55 bits per heavy atom. The van der Waals surface area contributed by atoms with Crippen LogP contribution >= 0.6 is 15.9 Å². The number of nitrogens with zero attached hydrogens (tertiary/aromatic N) is 1. The van der Waals surface area contributed by atoms with Crippen molar-refractivity contribution in [2.75, 3.05) is 29.5 Å². The van der Waals surface area contributed by atoms with E-state index < -0.39 is 9.84 Å². The summed E-state index contributed by atoms with van der Waals surface area (Å²) in [6.45, 7) is 3.21. The minimum absolute atomic E-state index is 0.188. The lowest BCUT2D eigenvalue weighted by Crippen LogP contribution is -2.40. The molecule has 20 heavy (non-hydrogen) atoms. The number of anilines is 1. The smallest absolute Gasteiger partial charge is 0.153 e. The summed E-state index contributed by atoms with van der Waals surface area (Å²) in [5.41, 5.74) is 8.24. The van der Waals surface area contributed by atoms with E-state index in [9.17, 15) is 8.42 Å². The first-order chi connectivity index (χ1) is 9.41. The second kappa shape index (κ2) is 6.45. The predicted octanol–water partition coefficient (Wildman–Crippen LogP) is 1.96. The molecule has 1 unspecified atom stereocenters. The molecular weight excluding hydrogens is 340 g/mol. The Morgan fingerprint density at radius 1 is 1.35 bits per heavy atom. The maximum Gasteiger partial charge on any atom is 0.153 e. The van der Waals surface area contributed by atoms with Gasteiger partial charge in [0.2, 0.25) is 0 Å². The van der Waals surface area contributed by atoms with Gasteiger partial charge in [-0.1, -0.05) is 13.0 Å². The van der Waals surface area contributed by atoms with Crippen molar-refractivity contribution in [1.82, 2.24) is 0 Å². The topological polar surface area (TPSA) is 63.4 Å². The van der Waals surface area contributed by atoms with E-state index in [1.165, 1.54) is 5.56 Å². The summed E-state index contributed by atoms with van der Waals surface area (Å²) in [4.78, 5) is 2.12. The highest BCUT2D eigenvalue weighted by molar-refractivity contribution is 9.10. The molecule has 1 heterocycles. The van der Waals surface area contributed by atoms with Crippen LogP contribution in [-0.4, -0.2) is 39.1 Å². The van der Waals surface area contributed by atoms with E-state index in [1.807, 2.05) is 0 Å². The predicted molar refractivity (Wildman–Crippen MR) is 87.0 cm³/mol. The van der Waals surface area contributed by atoms with E-state index in [0.717, 1.165) is 23.0 Å². The standard InChI is InChI=1S/C14H21BrN2O2S/c1-2-12(16)9-11-3-4-14(13(15)10-11)17-5-7-20(18,19)8-6-17/h3-4,10,12H,2,5-9,16H2,1H3. The van der Waals surface area contributed by atoms with Crippen LogP contribution in [-0.2, 0) is 16.3 Å². The fraction of sp³-hybridized carbons (Fsp3) is 0.571. The molecule has 0 saturated carbocycles. The van der Waals surface area contributed by atoms with Crippen molar-refractivity contribution in [2.45, 2.75) is 25.8 Å². The van der Waals surface area contributed by atoms with Gasteiger partial charge in [-0.25, -0.2) is 8.42 Å². The van der Waals surface area contributed by atoms with Gasteiger partial charge in [-0.15, -0.1) is 0 Å². The molecule has 1 aliphatic rings. The van der Waals surface area contributed by atoms with Gasteiger partial charge in [0.05, 0.1) is 17.2 Å². The largest absolute Gasteiger partial charge is 0.369 e. The van der Waals surface area contributed by atoms with Gasteiger partial charge < -0.3 is 10.6 Å². The van der Waals surface area contributed by atoms with Crippen molar-refractivity contribution in [1.29, 1.82) is 0 Å². The fourth-order valence-electron chi connectivity index (χ4n) is 2.33. The van der Waals surface area contributed by atoms with Crippen LogP contribution in [0.5, 0.6) is 0 Å². The second-order valence-electron chi connectivity index (χ2n) is 5.30. The minimum Gasteiger partial charge on any atom is -0.369 e. The van der Waals surface area contributed by atoms with Gasteiger partial charge in [-0.05, 0) is 46.5 Å². The highest BCUT2D eigenvalue weighted by Gasteiger charge is 2.22. The monoisotopic (exact) mass is 360 g/mol. The molecule has 4 nitrogen and oxygen atoms in total. The lowest BCUT2D eigenvalue weighted by Gasteiger charge is -2.29. The van der Waals surface area contributed by atoms with Gasteiger partial charge in [0.1, 0.15) is 0 Å². The summed E-state index contributed by atoms with van der Waals surface area (Å²) in [6.07, 6.45) is 1.83. The average Bonchev–Trinajstić information content (AvgIpc) is 2.39. The Kier molecular flexibility index (Phi) is 5.09. The van der Waals surface area contributed by atoms with Crippen LogP contribution in [0.1, 0.15) is 18.9 Å². The first-order valence-corrected chi connectivity index (χ1v) is 9.52. The van der Waals surface area contributed by atoms with Crippen molar-refractivity contribution >= 4 is 31.5 Å². The molecule has 0 radical (unpaired) electrons. The molecule has 1 fully saturated rings. The van der Waals surface area contributed by atoms with Crippen molar-refractivity contribution in [3.63, 3.8) is 0 Å². The molecule has 1 saturated heterocycles. The lowest BCUT2D eigenvalue weighted by atomic mass is 10.0. The summed E-state index contributed by atoms with van der Waals surface area (Å²) in [5.74, 6) is 0.476. The minimum atomic E-state index is -2.84. The summed E-state index contributed by atoms with van der Waals surface area (Å²) in [5, 5.41) is 0. The van der Waals surface area contributed by atoms with Gasteiger partial charge in [0.25, 0.3) is 0 Å². The molecule has 1 aromatic carbocycles. The Bertz CT molecular complexity index is 561. The van der Waals surface area contributed by atoms with Crippen molar-refractivity contribution in [3.8, 4) is 0 Å². The molecule has 0 aromatic heterocycles. The number of rotatable bonds is 4. The SMILES string of the molecule is CCC(N)Cc1ccc(N2CCS(=O)(=O)CC2)c(Br)c1. The van der Waals surface area contributed by atoms with Gasteiger partial charge in [0, 0.05) is 23.6 Å². The van der Waals surface area contributed by atoms with Crippen LogP contribution in [0.4, 0.5) is 5.69 Å². The van der Waals surface area contributed by atoms with E-state index >= 15 is 0 Å². The number of hydrogen-bond donors (Lipinski definition) is 1. The van der Waals surface area contributed by atoms with E-state index in [2.05, 4.69) is 46.0 Å². The molecule has 1 aliphatic heterocycles. The lowest BCUT2D eigenvalue weighted by molar-refractivity contribution is 0.586. The molecule has 0 spiro atoms. The van der Waals surface area contributed by atoms with Crippen LogP contribution < -0.4 is 10.6 Å². The fourth-order valence-corrected chi connectivity index (χ4v) is 4.21. The third-order valence-electron chi connectivity index (χ3n) is 3.72. The van der Waals surface area contributed by atoms with Gasteiger partial charge >= 0.3 is 0 Å². The highest BCUT2D eigenvalue weighted by Crippen LogP contribution is 2.29. The molecule has 2 rings (SSSR count). The molecule has 1 atom stereocenters. The summed E-state index contributed by atoms with van der Waals surface area (Å²) >= 11 is 3.59. The zero-order valence-corrected chi connectivity index (χ0v) is 14.1. The number of sulfone groups is 1. The van der Waals surface area contributed by atoms with E-state index in [0.29, 0.717) is 13.1 Å². The number of nitrogens with two attached hydrogens (primary N) is 1. The quantitative estimate of drug-likeness (QED) is 0.891. The first-order valence-electron chi connectivity index (χ1n) is 6.90. The molecule has 1 aromatic rings. The molecular formula is C14H21BrN2O2S. The highest BCUT2D eigenvalue weighted by atomic mass is 79.9. The number of benzene rings is 1. The van der Waals surface area contributed by atoms with Crippen LogP contribution in [0.2, 0.25) is 0 Å². The van der Waals surface area contributed by atoms with Crippen LogP contribution in [0.3, 0.4) is 0 Å². The molecule has 0 aliphatic carbocycles. The third-order valence-corrected chi connectivity index (χ3v) is 5.96. The van der Waals surface area contributed by atoms with Gasteiger partial charge in [-0.2, -0.15) is 0 Å². The average molecular weight is 361 g/mol. The third kappa shape index (κ3) is 3.96. The number of hydrogen-bond acceptors (Lipinski definition) is 4. The van der Waals surface area contributed by atoms with E-state index in [-0.39, 0.29) is 17.5 Å². The van der Waals surface area contributed by atoms with Gasteiger partial charge in [0.15, 0.2) is 9.84 Å². The zero-order chi connectivity index (χ0) is 14.8. The maximum atomic E-state index is 11.5.